The van der Waals surface area contributed by atoms with Gasteiger partial charge in [-0.1, -0.05) is 6.07 Å². The molecule has 0 radical (unpaired) electrons. The molecule has 0 amide bonds. The maximum Gasteiger partial charge on any atom is 0.130 e. The highest BCUT2D eigenvalue weighted by atomic mass is 19.1. The lowest BCUT2D eigenvalue weighted by Gasteiger charge is -2.24. The normalized spacial score (nSPS) is 12.2. The van der Waals surface area contributed by atoms with Gasteiger partial charge in [-0.25, -0.2) is 4.39 Å². The minimum absolute atomic E-state index is 0.242. The molecule has 0 aliphatic heterocycles. The molecule has 2 aromatic rings. The third-order valence-corrected chi connectivity index (χ3v) is 3.38. The number of pyridine rings is 1. The van der Waals surface area contributed by atoms with E-state index < -0.39 is 0 Å². The maximum atomic E-state index is 13.9. The lowest BCUT2D eigenvalue weighted by molar-refractivity contribution is 0.592. The van der Waals surface area contributed by atoms with E-state index in [4.69, 9.17) is 5.73 Å². The van der Waals surface area contributed by atoms with Crippen molar-refractivity contribution in [3.05, 3.63) is 59.7 Å². The number of aromatic nitrogens is 1. The van der Waals surface area contributed by atoms with Crippen LogP contribution in [0, 0.1) is 5.82 Å². The molecule has 2 N–H and O–H groups in total. The molecule has 0 aliphatic rings. The van der Waals surface area contributed by atoms with Gasteiger partial charge in [0.1, 0.15) is 5.82 Å². The Labute approximate surface area is 119 Å². The summed E-state index contributed by atoms with van der Waals surface area (Å²) in [5, 5.41) is 0. The van der Waals surface area contributed by atoms with Gasteiger partial charge in [0, 0.05) is 43.3 Å². The first kappa shape index (κ1) is 14.5. The van der Waals surface area contributed by atoms with Crippen LogP contribution < -0.4 is 10.6 Å². The molecule has 1 atom stereocenters. The molecule has 0 aliphatic carbocycles. The van der Waals surface area contributed by atoms with Gasteiger partial charge < -0.3 is 10.6 Å². The summed E-state index contributed by atoms with van der Waals surface area (Å²) in [5.41, 5.74) is 8.53. The van der Waals surface area contributed by atoms with Crippen LogP contribution in [0.25, 0.3) is 0 Å². The monoisotopic (exact) mass is 273 g/mol. The highest BCUT2D eigenvalue weighted by Gasteiger charge is 2.15. The Balaban J connectivity index is 2.13. The van der Waals surface area contributed by atoms with Crippen molar-refractivity contribution in [2.24, 2.45) is 5.73 Å². The fourth-order valence-electron chi connectivity index (χ4n) is 2.28. The van der Waals surface area contributed by atoms with Gasteiger partial charge in [-0.15, -0.1) is 0 Å². The zero-order valence-electron chi connectivity index (χ0n) is 11.9. The van der Waals surface area contributed by atoms with Crippen molar-refractivity contribution in [2.75, 3.05) is 18.5 Å². The van der Waals surface area contributed by atoms with E-state index in [1.165, 1.54) is 11.6 Å². The summed E-state index contributed by atoms with van der Waals surface area (Å²) < 4.78 is 13.9. The average molecular weight is 273 g/mol. The summed E-state index contributed by atoms with van der Waals surface area (Å²) in [5.74, 6) is -0.242. The second-order valence-electron chi connectivity index (χ2n) is 4.99. The van der Waals surface area contributed by atoms with E-state index in [-0.39, 0.29) is 11.9 Å². The average Bonchev–Trinajstić information content (AvgIpc) is 2.45. The molecule has 0 saturated heterocycles. The molecule has 3 nitrogen and oxygen atoms in total. The van der Waals surface area contributed by atoms with Crippen molar-refractivity contribution >= 4 is 5.69 Å². The van der Waals surface area contributed by atoms with Crippen LogP contribution in [0.5, 0.6) is 0 Å². The minimum atomic E-state index is -0.324. The first-order chi connectivity index (χ1) is 9.59. The number of nitrogens with zero attached hydrogens (tertiary/aromatic N) is 2. The SMILES string of the molecule is C[C@H](N)c1c(F)cccc1N(C)CCc1ccncc1. The number of rotatable bonds is 5. The Bertz CT molecular complexity index is 555. The van der Waals surface area contributed by atoms with Crippen molar-refractivity contribution in [3.8, 4) is 0 Å². The van der Waals surface area contributed by atoms with Crippen LogP contribution in [0.4, 0.5) is 10.1 Å². The fourth-order valence-corrected chi connectivity index (χ4v) is 2.28. The Kier molecular flexibility index (Phi) is 4.69. The predicted molar refractivity (Wildman–Crippen MR) is 80.2 cm³/mol. The number of likely N-dealkylation sites (N-methyl/N-ethyl adjacent to an activating group) is 1. The van der Waals surface area contributed by atoms with E-state index in [1.807, 2.05) is 30.1 Å². The fraction of sp³-hybridized carbons (Fsp3) is 0.312. The van der Waals surface area contributed by atoms with E-state index in [0.29, 0.717) is 5.56 Å². The molecule has 1 aromatic heterocycles. The first-order valence-corrected chi connectivity index (χ1v) is 6.73. The maximum absolute atomic E-state index is 13.9. The lowest BCUT2D eigenvalue weighted by atomic mass is 10.0. The number of benzene rings is 1. The van der Waals surface area contributed by atoms with Crippen molar-refractivity contribution < 1.29 is 4.39 Å². The number of nitrogens with two attached hydrogens (primary N) is 1. The summed E-state index contributed by atoms with van der Waals surface area (Å²) in [4.78, 5) is 6.04. The van der Waals surface area contributed by atoms with E-state index in [0.717, 1.165) is 18.7 Å². The summed E-state index contributed by atoms with van der Waals surface area (Å²) in [6.07, 6.45) is 4.45. The summed E-state index contributed by atoms with van der Waals surface area (Å²) in [6, 6.07) is 8.75. The quantitative estimate of drug-likeness (QED) is 0.910. The van der Waals surface area contributed by atoms with E-state index in [1.54, 1.807) is 25.4 Å². The smallest absolute Gasteiger partial charge is 0.130 e. The van der Waals surface area contributed by atoms with E-state index in [9.17, 15) is 4.39 Å². The molecule has 20 heavy (non-hydrogen) atoms. The second kappa shape index (κ2) is 6.48. The van der Waals surface area contributed by atoms with Gasteiger partial charge in [0.2, 0.25) is 0 Å². The summed E-state index contributed by atoms with van der Waals surface area (Å²) >= 11 is 0. The third kappa shape index (κ3) is 3.33. The van der Waals surface area contributed by atoms with Gasteiger partial charge in [-0.05, 0) is 43.2 Å². The number of anilines is 1. The van der Waals surface area contributed by atoms with Gasteiger partial charge in [-0.3, -0.25) is 4.98 Å². The van der Waals surface area contributed by atoms with Crippen LogP contribution in [-0.2, 0) is 6.42 Å². The minimum Gasteiger partial charge on any atom is -0.374 e. The standard InChI is InChI=1S/C16H20FN3/c1-12(18)16-14(17)4-3-5-15(16)20(2)11-8-13-6-9-19-10-7-13/h3-7,9-10,12H,8,11,18H2,1-2H3/t12-/m0/s1. The zero-order valence-corrected chi connectivity index (χ0v) is 11.9. The summed E-state index contributed by atoms with van der Waals surface area (Å²) in [6.45, 7) is 2.60. The predicted octanol–water partition coefficient (Wildman–Crippen LogP) is 2.92. The Hall–Kier alpha value is -1.94. The highest BCUT2D eigenvalue weighted by molar-refractivity contribution is 5.55. The molecule has 0 fully saturated rings. The second-order valence-corrected chi connectivity index (χ2v) is 4.99. The molecule has 106 valence electrons. The van der Waals surface area contributed by atoms with Gasteiger partial charge in [0.25, 0.3) is 0 Å². The first-order valence-electron chi connectivity index (χ1n) is 6.73. The molecule has 1 aromatic carbocycles. The molecule has 2 rings (SSSR count). The molecule has 1 heterocycles. The van der Waals surface area contributed by atoms with Crippen LogP contribution in [0.3, 0.4) is 0 Å². The van der Waals surface area contributed by atoms with E-state index >= 15 is 0 Å². The topological polar surface area (TPSA) is 42.1 Å². The number of hydrogen-bond donors (Lipinski definition) is 1. The Morgan fingerprint density at radius 3 is 2.60 bits per heavy atom. The van der Waals surface area contributed by atoms with Crippen LogP contribution in [-0.4, -0.2) is 18.6 Å². The van der Waals surface area contributed by atoms with Crippen LogP contribution >= 0.6 is 0 Å². The molecule has 0 saturated carbocycles. The number of halogens is 1. The number of hydrogen-bond acceptors (Lipinski definition) is 3. The molecule has 0 unspecified atom stereocenters. The molecular formula is C16H20FN3. The van der Waals surface area contributed by atoms with E-state index in [2.05, 4.69) is 4.98 Å². The van der Waals surface area contributed by atoms with Crippen molar-refractivity contribution in [2.45, 2.75) is 19.4 Å². The summed E-state index contributed by atoms with van der Waals surface area (Å²) in [7, 11) is 1.96. The van der Waals surface area contributed by atoms with Crippen molar-refractivity contribution in [3.63, 3.8) is 0 Å². The van der Waals surface area contributed by atoms with Gasteiger partial charge in [-0.2, -0.15) is 0 Å². The zero-order chi connectivity index (χ0) is 14.5. The van der Waals surface area contributed by atoms with Gasteiger partial charge >= 0.3 is 0 Å². The highest BCUT2D eigenvalue weighted by Crippen LogP contribution is 2.27. The lowest BCUT2D eigenvalue weighted by Crippen LogP contribution is -2.24. The molecular weight excluding hydrogens is 253 g/mol. The molecule has 4 heteroatoms. The Morgan fingerprint density at radius 1 is 1.25 bits per heavy atom. The Morgan fingerprint density at radius 2 is 1.95 bits per heavy atom. The third-order valence-electron chi connectivity index (χ3n) is 3.38. The van der Waals surface area contributed by atoms with Crippen molar-refractivity contribution in [1.29, 1.82) is 0 Å². The van der Waals surface area contributed by atoms with Crippen LogP contribution in [0.1, 0.15) is 24.1 Å². The van der Waals surface area contributed by atoms with Gasteiger partial charge in [0.05, 0.1) is 0 Å². The van der Waals surface area contributed by atoms with Gasteiger partial charge in [0.15, 0.2) is 0 Å². The molecule has 0 spiro atoms. The van der Waals surface area contributed by atoms with Crippen molar-refractivity contribution in [1.82, 2.24) is 4.98 Å². The molecule has 0 bridgehead atoms. The van der Waals surface area contributed by atoms with Crippen LogP contribution in [0.15, 0.2) is 42.7 Å². The largest absolute Gasteiger partial charge is 0.374 e. The van der Waals surface area contributed by atoms with Crippen LogP contribution in [0.2, 0.25) is 0 Å².